The Morgan fingerprint density at radius 3 is 2.49 bits per heavy atom. The van der Waals surface area contributed by atoms with E-state index in [0.717, 1.165) is 29.7 Å². The van der Waals surface area contributed by atoms with Gasteiger partial charge in [0.25, 0.3) is 0 Å². The maximum absolute atomic E-state index is 12.8. The number of carbonyl (C=O) groups excluding carboxylic acids is 2. The molecule has 37 heavy (non-hydrogen) atoms. The first kappa shape index (κ1) is 26.1. The van der Waals surface area contributed by atoms with Crippen LogP contribution in [0.4, 0.5) is 5.82 Å². The first-order chi connectivity index (χ1) is 17.6. The van der Waals surface area contributed by atoms with Gasteiger partial charge >= 0.3 is 11.9 Å². The van der Waals surface area contributed by atoms with Crippen LogP contribution in [0.15, 0.2) is 36.4 Å². The van der Waals surface area contributed by atoms with Crippen LogP contribution in [0.1, 0.15) is 66.9 Å². The number of anilines is 1. The largest absolute Gasteiger partial charge is 0.497 e. The molecule has 3 aromatic rings. The maximum Gasteiger partial charge on any atom is 0.343 e. The first-order valence-corrected chi connectivity index (χ1v) is 12.4. The lowest BCUT2D eigenvalue weighted by molar-refractivity contribution is -0.131. The van der Waals surface area contributed by atoms with Crippen molar-refractivity contribution in [3.8, 4) is 22.9 Å². The number of benzene rings is 2. The average Bonchev–Trinajstić information content (AvgIpc) is 3.15. The summed E-state index contributed by atoms with van der Waals surface area (Å²) in [6.07, 6.45) is 1.92. The molecule has 0 aliphatic heterocycles. The minimum absolute atomic E-state index is 0.0155. The molecule has 0 radical (unpaired) electrons. The second kappa shape index (κ2) is 10.6. The van der Waals surface area contributed by atoms with E-state index in [1.165, 1.54) is 12.5 Å². The molecule has 1 aliphatic rings. The van der Waals surface area contributed by atoms with Crippen molar-refractivity contribution in [2.24, 2.45) is 0 Å². The van der Waals surface area contributed by atoms with E-state index in [4.69, 9.17) is 19.2 Å². The molecule has 8 nitrogen and oxygen atoms in total. The van der Waals surface area contributed by atoms with Gasteiger partial charge in [-0.1, -0.05) is 26.0 Å². The van der Waals surface area contributed by atoms with E-state index in [2.05, 4.69) is 24.1 Å². The average molecular weight is 504 g/mol. The molecular weight excluding hydrogens is 470 g/mol. The predicted molar refractivity (Wildman–Crippen MR) is 141 cm³/mol. The van der Waals surface area contributed by atoms with Crippen molar-refractivity contribution in [1.29, 1.82) is 0 Å². The summed E-state index contributed by atoms with van der Waals surface area (Å²) in [4.78, 5) is 34.2. The molecule has 0 bridgehead atoms. The number of esters is 2. The molecule has 1 heterocycles. The van der Waals surface area contributed by atoms with E-state index < -0.39 is 11.9 Å². The number of nitrogens with zero attached hydrogens (tertiary/aromatic N) is 2. The molecule has 4 rings (SSSR count). The van der Waals surface area contributed by atoms with Gasteiger partial charge < -0.3 is 19.5 Å². The molecule has 1 aliphatic carbocycles. The van der Waals surface area contributed by atoms with Gasteiger partial charge in [-0.25, -0.2) is 14.8 Å². The zero-order valence-electron chi connectivity index (χ0n) is 22.2. The van der Waals surface area contributed by atoms with Crippen molar-refractivity contribution in [3.05, 3.63) is 64.3 Å². The number of hydrogen-bond acceptors (Lipinski definition) is 8. The van der Waals surface area contributed by atoms with Crippen molar-refractivity contribution in [1.82, 2.24) is 9.97 Å². The Labute approximate surface area is 217 Å². The minimum Gasteiger partial charge on any atom is -0.497 e. The zero-order chi connectivity index (χ0) is 26.7. The van der Waals surface area contributed by atoms with Crippen LogP contribution in [-0.2, 0) is 27.9 Å². The summed E-state index contributed by atoms with van der Waals surface area (Å²) in [6, 6.07) is 11.6. The van der Waals surface area contributed by atoms with Gasteiger partial charge in [-0.15, -0.1) is 0 Å². The van der Waals surface area contributed by atoms with Crippen LogP contribution in [-0.4, -0.2) is 35.6 Å². The maximum atomic E-state index is 12.8. The van der Waals surface area contributed by atoms with Crippen molar-refractivity contribution in [3.63, 3.8) is 0 Å². The quantitative estimate of drug-likeness (QED) is 0.322. The summed E-state index contributed by atoms with van der Waals surface area (Å²) in [5.74, 6) is 0.965. The van der Waals surface area contributed by atoms with Crippen LogP contribution >= 0.6 is 0 Å². The summed E-state index contributed by atoms with van der Waals surface area (Å²) in [6.45, 7) is 9.90. The molecular formula is C29H33N3O5. The molecule has 0 spiro atoms. The summed E-state index contributed by atoms with van der Waals surface area (Å²) < 4.78 is 16.1. The van der Waals surface area contributed by atoms with Gasteiger partial charge in [-0.3, -0.25) is 4.79 Å². The standard InChI is InChI=1S/C29H33N3O5/c1-7-36-28(34)25-17(2)31-26(32-27(25)30-16-19-8-10-21(35-6)11-9-19)22-14-20-12-13-29(4,5)23(20)15-24(22)37-18(3)33/h8-11,14-15H,7,12-13,16H2,1-6H3,(H,30,31,32). The van der Waals surface area contributed by atoms with E-state index >= 15 is 0 Å². The molecule has 0 saturated heterocycles. The predicted octanol–water partition coefficient (Wildman–Crippen LogP) is 5.40. The molecule has 8 heteroatoms. The van der Waals surface area contributed by atoms with Crippen molar-refractivity contribution >= 4 is 17.8 Å². The smallest absolute Gasteiger partial charge is 0.343 e. The van der Waals surface area contributed by atoms with Crippen LogP contribution in [0.25, 0.3) is 11.4 Å². The van der Waals surface area contributed by atoms with Gasteiger partial charge in [-0.2, -0.15) is 0 Å². The number of aromatic nitrogens is 2. The summed E-state index contributed by atoms with van der Waals surface area (Å²) >= 11 is 0. The van der Waals surface area contributed by atoms with E-state index in [1.807, 2.05) is 36.4 Å². The van der Waals surface area contributed by atoms with Crippen molar-refractivity contribution < 1.29 is 23.8 Å². The molecule has 1 N–H and O–H groups in total. The fourth-order valence-corrected chi connectivity index (χ4v) is 4.66. The molecule has 2 aromatic carbocycles. The normalized spacial score (nSPS) is 13.6. The topological polar surface area (TPSA) is 99.6 Å². The Balaban J connectivity index is 1.80. The van der Waals surface area contributed by atoms with Crippen LogP contribution < -0.4 is 14.8 Å². The Bertz CT molecular complexity index is 1330. The van der Waals surface area contributed by atoms with Crippen LogP contribution in [0, 0.1) is 6.92 Å². The number of nitrogens with one attached hydrogen (secondary N) is 1. The highest BCUT2D eigenvalue weighted by Gasteiger charge is 2.32. The molecule has 194 valence electrons. The molecule has 0 atom stereocenters. The summed E-state index contributed by atoms with van der Waals surface area (Å²) in [5.41, 5.74) is 4.65. The number of fused-ring (bicyclic) bond motifs is 1. The number of aryl methyl sites for hydroxylation is 2. The van der Waals surface area contributed by atoms with Crippen molar-refractivity contribution in [2.45, 2.75) is 59.4 Å². The molecule has 1 aromatic heterocycles. The van der Waals surface area contributed by atoms with Gasteiger partial charge in [-0.05, 0) is 73.1 Å². The Morgan fingerprint density at radius 2 is 1.84 bits per heavy atom. The van der Waals surface area contributed by atoms with Crippen LogP contribution in [0.3, 0.4) is 0 Å². The van der Waals surface area contributed by atoms with Gasteiger partial charge in [0, 0.05) is 13.5 Å². The number of methoxy groups -OCH3 is 1. The summed E-state index contributed by atoms with van der Waals surface area (Å²) in [5, 5.41) is 3.28. The lowest BCUT2D eigenvalue weighted by Crippen LogP contribution is -2.16. The minimum atomic E-state index is -0.500. The molecule has 0 amide bonds. The Morgan fingerprint density at radius 1 is 1.11 bits per heavy atom. The number of rotatable bonds is 8. The van der Waals surface area contributed by atoms with Gasteiger partial charge in [0.15, 0.2) is 5.82 Å². The lowest BCUT2D eigenvalue weighted by atomic mass is 9.86. The first-order valence-electron chi connectivity index (χ1n) is 12.4. The SMILES string of the molecule is CCOC(=O)c1c(C)nc(-c2cc3c(cc2OC(C)=O)C(C)(C)CC3)nc1NCc1ccc(OC)cc1. The second-order valence-electron chi connectivity index (χ2n) is 9.76. The van der Waals surface area contributed by atoms with Gasteiger partial charge in [0.2, 0.25) is 0 Å². The Hall–Kier alpha value is -3.94. The zero-order valence-corrected chi connectivity index (χ0v) is 22.2. The van der Waals surface area contributed by atoms with Crippen LogP contribution in [0.2, 0.25) is 0 Å². The second-order valence-corrected chi connectivity index (χ2v) is 9.76. The van der Waals surface area contributed by atoms with Crippen molar-refractivity contribution in [2.75, 3.05) is 19.0 Å². The molecule has 0 fully saturated rings. The Kier molecular flexibility index (Phi) is 7.47. The fraction of sp³-hybridized carbons (Fsp3) is 0.379. The highest BCUT2D eigenvalue weighted by atomic mass is 16.5. The highest BCUT2D eigenvalue weighted by molar-refractivity contribution is 5.96. The third-order valence-corrected chi connectivity index (χ3v) is 6.64. The monoisotopic (exact) mass is 503 g/mol. The van der Waals surface area contributed by atoms with E-state index in [-0.39, 0.29) is 17.6 Å². The number of hydrogen-bond donors (Lipinski definition) is 1. The number of ether oxygens (including phenoxy) is 3. The molecule has 0 unspecified atom stereocenters. The van der Waals surface area contributed by atoms with E-state index in [0.29, 0.717) is 35.2 Å². The lowest BCUT2D eigenvalue weighted by Gasteiger charge is -2.21. The molecule has 0 saturated carbocycles. The highest BCUT2D eigenvalue weighted by Crippen LogP contribution is 2.43. The van der Waals surface area contributed by atoms with Gasteiger partial charge in [0.05, 0.1) is 25.0 Å². The summed E-state index contributed by atoms with van der Waals surface area (Å²) in [7, 11) is 1.62. The van der Waals surface area contributed by atoms with Gasteiger partial charge in [0.1, 0.15) is 22.9 Å². The van der Waals surface area contributed by atoms with E-state index in [9.17, 15) is 9.59 Å². The third kappa shape index (κ3) is 5.58. The fourth-order valence-electron chi connectivity index (χ4n) is 4.66. The van der Waals surface area contributed by atoms with Crippen LogP contribution in [0.5, 0.6) is 11.5 Å². The number of carbonyl (C=O) groups is 2. The van der Waals surface area contributed by atoms with E-state index in [1.54, 1.807) is 21.0 Å². The third-order valence-electron chi connectivity index (χ3n) is 6.64.